The van der Waals surface area contributed by atoms with Crippen LogP contribution in [0.4, 0.5) is 35.5 Å². The van der Waals surface area contributed by atoms with Crippen molar-refractivity contribution in [3.05, 3.63) is 70.5 Å². The summed E-state index contributed by atoms with van der Waals surface area (Å²) in [6.07, 6.45) is -12.8. The van der Waals surface area contributed by atoms with Gasteiger partial charge in [0.25, 0.3) is 0 Å². The first-order valence-corrected chi connectivity index (χ1v) is 13.1. The van der Waals surface area contributed by atoms with Crippen molar-refractivity contribution in [1.82, 2.24) is 4.90 Å². The zero-order valence-electron chi connectivity index (χ0n) is 21.8. The summed E-state index contributed by atoms with van der Waals surface area (Å²) in [7, 11) is 0. The van der Waals surface area contributed by atoms with Crippen LogP contribution in [0.15, 0.2) is 46.9 Å². The number of benzene rings is 2. The lowest BCUT2D eigenvalue weighted by molar-refractivity contribution is -0.143. The van der Waals surface area contributed by atoms with E-state index in [4.69, 9.17) is 4.74 Å². The van der Waals surface area contributed by atoms with E-state index in [1.54, 1.807) is 20.8 Å². The highest BCUT2D eigenvalue weighted by molar-refractivity contribution is 7.91. The number of likely N-dealkylation sites (tertiary alicyclic amines) is 1. The second-order valence-electron chi connectivity index (χ2n) is 10.3. The Morgan fingerprint density at radius 3 is 2.05 bits per heavy atom. The normalized spacial score (nSPS) is 22.1. The van der Waals surface area contributed by atoms with Crippen molar-refractivity contribution in [3.63, 3.8) is 0 Å². The molecule has 3 rings (SSSR count). The Balaban J connectivity index is 2.05. The van der Waals surface area contributed by atoms with Gasteiger partial charge in [-0.3, -0.25) is 4.90 Å². The number of nitrogens with zero attached hydrogens (tertiary/aromatic N) is 2. The van der Waals surface area contributed by atoms with Crippen molar-refractivity contribution in [2.45, 2.75) is 69.0 Å². The van der Waals surface area contributed by atoms with Crippen molar-refractivity contribution >= 4 is 23.7 Å². The van der Waals surface area contributed by atoms with Crippen LogP contribution in [0.25, 0.3) is 0 Å². The average Bonchev–Trinajstić information content (AvgIpc) is 3.19. The summed E-state index contributed by atoms with van der Waals surface area (Å²) in [6, 6.07) is 4.95. The predicted octanol–water partition coefficient (Wildman–Crippen LogP) is 6.99. The van der Waals surface area contributed by atoms with Crippen molar-refractivity contribution in [1.29, 1.82) is 0 Å². The van der Waals surface area contributed by atoms with Crippen molar-refractivity contribution in [3.8, 4) is 0 Å². The van der Waals surface area contributed by atoms with Gasteiger partial charge < -0.3 is 14.4 Å². The van der Waals surface area contributed by atoms with Crippen LogP contribution in [-0.4, -0.2) is 50.3 Å². The van der Waals surface area contributed by atoms with E-state index in [1.165, 1.54) is 25.3 Å². The molecule has 0 radical (unpaired) electrons. The monoisotopic (exact) mass is 596 g/mol. The predicted molar refractivity (Wildman–Crippen MR) is 134 cm³/mol. The van der Waals surface area contributed by atoms with E-state index in [-0.39, 0.29) is 12.6 Å². The Morgan fingerprint density at radius 2 is 1.60 bits per heavy atom. The molecule has 2 aromatic carbocycles. The molecule has 1 aliphatic heterocycles. The zero-order valence-corrected chi connectivity index (χ0v) is 22.6. The number of hydrogen-bond acceptors (Lipinski definition) is 4. The molecule has 1 aliphatic rings. The number of alkyl halides is 6. The number of halogens is 7. The molecule has 0 spiro atoms. The van der Waals surface area contributed by atoms with E-state index in [2.05, 4.69) is 4.40 Å². The summed E-state index contributed by atoms with van der Waals surface area (Å²) in [5, 5.41) is 9.86. The van der Waals surface area contributed by atoms with Gasteiger partial charge in [0.2, 0.25) is 0 Å². The molecule has 5 atom stereocenters. The van der Waals surface area contributed by atoms with E-state index in [9.17, 15) is 45.2 Å². The lowest BCUT2D eigenvalue weighted by Gasteiger charge is -2.27. The van der Waals surface area contributed by atoms with Gasteiger partial charge in [-0.05, 0) is 69.2 Å². The first kappa shape index (κ1) is 31.7. The second kappa shape index (κ2) is 11.6. The van der Waals surface area contributed by atoms with Crippen LogP contribution in [0.2, 0.25) is 0 Å². The highest BCUT2D eigenvalue weighted by Crippen LogP contribution is 2.41. The minimum absolute atomic E-state index is 0.00110. The van der Waals surface area contributed by atoms with Crippen LogP contribution in [0, 0.1) is 5.82 Å². The Kier molecular flexibility index (Phi) is 9.16. The summed E-state index contributed by atoms with van der Waals surface area (Å²) in [5.74, 6) is -1.50. The number of amides is 1. The molecule has 1 heterocycles. The van der Waals surface area contributed by atoms with E-state index >= 15 is 0 Å². The lowest BCUT2D eigenvalue weighted by atomic mass is 9.90. The zero-order chi connectivity index (χ0) is 30.2. The molecular weight excluding hydrogens is 569 g/mol. The molecule has 14 heteroatoms. The molecule has 0 saturated carbocycles. The maximum atomic E-state index is 13.7. The minimum atomic E-state index is -5.07. The van der Waals surface area contributed by atoms with Crippen molar-refractivity contribution in [2.24, 2.45) is 4.40 Å². The molecule has 1 N–H and O–H groups in total. The number of hydrogen-bond donors (Lipinski definition) is 1. The summed E-state index contributed by atoms with van der Waals surface area (Å²) >= 11 is -1.77. The molecule has 0 bridgehead atoms. The highest BCUT2D eigenvalue weighted by Gasteiger charge is 2.47. The largest absolute Gasteiger partial charge is 0.591 e. The molecule has 220 valence electrons. The van der Waals surface area contributed by atoms with Crippen LogP contribution in [0.3, 0.4) is 0 Å². The van der Waals surface area contributed by atoms with E-state index in [0.717, 1.165) is 17.0 Å². The molecule has 0 aliphatic carbocycles. The molecular formula is C26H27F7N2O4S. The third-order valence-electron chi connectivity index (χ3n) is 6.30. The van der Waals surface area contributed by atoms with Gasteiger partial charge in [0, 0.05) is 5.92 Å². The van der Waals surface area contributed by atoms with E-state index in [0.29, 0.717) is 17.7 Å². The molecule has 1 unspecified atom stereocenters. The van der Waals surface area contributed by atoms with E-state index < -0.39 is 81.2 Å². The summed E-state index contributed by atoms with van der Waals surface area (Å²) in [4.78, 5) is 13.0. The number of carboxylic acid groups (broad SMARTS) is 1. The number of carbonyl (C=O) groups is 1. The van der Waals surface area contributed by atoms with Crippen LogP contribution >= 0.6 is 0 Å². The summed E-state index contributed by atoms with van der Waals surface area (Å²) < 4.78 is 116. The Labute approximate surface area is 229 Å². The fourth-order valence-electron chi connectivity index (χ4n) is 4.28. The maximum Gasteiger partial charge on any atom is 0.416 e. The van der Waals surface area contributed by atoms with Gasteiger partial charge in [-0.1, -0.05) is 16.5 Å². The SMILES string of the molecule is C[C@@H](O[C@H]1CN(C(=O)O)[C@@H](/C=N/[S+]([O-])C(C)(C)C)[C@@H]1c1ccc(F)cc1)c1cc(C(F)(F)F)cc(C(F)(F)F)c1. The standard InChI is InChI=1S/C26H27F7N2O4S/c1-14(16-9-17(25(28,29)30)11-18(10-16)26(31,32)33)39-21-13-35(23(36)37)20(12-34-40(38)24(2,3)4)22(21)15-5-7-19(27)8-6-15/h5-12,14,20-22H,13H2,1-4H3,(H,36,37)/b34-12+/t14-,20+,21+,22+,40?/m1/s1. The van der Waals surface area contributed by atoms with Crippen LogP contribution < -0.4 is 0 Å². The third-order valence-corrected chi connectivity index (χ3v) is 7.66. The van der Waals surface area contributed by atoms with Gasteiger partial charge in [0.15, 0.2) is 0 Å². The quantitative estimate of drug-likeness (QED) is 0.221. The maximum absolute atomic E-state index is 13.7. The number of rotatable bonds is 6. The smallest absolute Gasteiger partial charge is 0.416 e. The molecule has 1 saturated heterocycles. The van der Waals surface area contributed by atoms with Crippen molar-refractivity contribution in [2.75, 3.05) is 6.54 Å². The molecule has 40 heavy (non-hydrogen) atoms. The third kappa shape index (κ3) is 7.46. The fourth-order valence-corrected chi connectivity index (χ4v) is 4.83. The fraction of sp³-hybridized carbons (Fsp3) is 0.462. The first-order chi connectivity index (χ1) is 18.3. The van der Waals surface area contributed by atoms with Crippen LogP contribution in [0.5, 0.6) is 0 Å². The molecule has 1 amide bonds. The van der Waals surface area contributed by atoms with Crippen LogP contribution in [0.1, 0.15) is 62.0 Å². The van der Waals surface area contributed by atoms with Gasteiger partial charge in [-0.15, -0.1) is 0 Å². The van der Waals surface area contributed by atoms with Gasteiger partial charge >= 0.3 is 18.4 Å². The molecule has 1 fully saturated rings. The second-order valence-corrected chi connectivity index (χ2v) is 12.2. The lowest BCUT2D eigenvalue weighted by Crippen LogP contribution is -2.38. The van der Waals surface area contributed by atoms with Gasteiger partial charge in [-0.2, -0.15) is 26.3 Å². The van der Waals surface area contributed by atoms with Crippen LogP contribution in [-0.2, 0) is 28.5 Å². The van der Waals surface area contributed by atoms with Crippen molar-refractivity contribution < 1.29 is 49.9 Å². The van der Waals surface area contributed by atoms with Gasteiger partial charge in [-0.25, -0.2) is 9.18 Å². The first-order valence-electron chi connectivity index (χ1n) is 11.9. The number of ether oxygens (including phenoxy) is 1. The van der Waals surface area contributed by atoms with Gasteiger partial charge in [0.05, 0.1) is 42.1 Å². The Hall–Kier alpha value is -2.84. The summed E-state index contributed by atoms with van der Waals surface area (Å²) in [5.41, 5.74) is -3.08. The molecule has 0 aromatic heterocycles. The Bertz CT molecular complexity index is 1200. The molecule has 2 aromatic rings. The van der Waals surface area contributed by atoms with E-state index in [1.807, 2.05) is 0 Å². The molecule has 6 nitrogen and oxygen atoms in total. The summed E-state index contributed by atoms with van der Waals surface area (Å²) in [6.45, 7) is 5.86. The Morgan fingerprint density at radius 1 is 1.07 bits per heavy atom. The topological polar surface area (TPSA) is 85.2 Å². The average molecular weight is 597 g/mol. The minimum Gasteiger partial charge on any atom is -0.591 e. The highest BCUT2D eigenvalue weighted by atomic mass is 32.2. The van der Waals surface area contributed by atoms with Gasteiger partial charge in [0.1, 0.15) is 21.9 Å².